The lowest BCUT2D eigenvalue weighted by molar-refractivity contribution is -0.384. The van der Waals surface area contributed by atoms with Crippen LogP contribution in [-0.4, -0.2) is 40.5 Å². The van der Waals surface area contributed by atoms with Crippen LogP contribution in [0.4, 0.5) is 22.7 Å². The highest BCUT2D eigenvalue weighted by Gasteiger charge is 2.24. The topological polar surface area (TPSA) is 156 Å². The van der Waals surface area contributed by atoms with E-state index in [1.807, 2.05) is 0 Å². The first-order valence-corrected chi connectivity index (χ1v) is 13.4. The normalized spacial score (nSPS) is 11.5. The van der Waals surface area contributed by atoms with Gasteiger partial charge in [0.1, 0.15) is 6.54 Å². The van der Waals surface area contributed by atoms with Crippen molar-refractivity contribution in [3.05, 3.63) is 88.5 Å². The highest BCUT2D eigenvalue weighted by atomic mass is 32.2. The number of hydrogen-bond donors (Lipinski definition) is 2. The zero-order valence-corrected chi connectivity index (χ0v) is 20.3. The van der Waals surface area contributed by atoms with E-state index < -0.39 is 37.4 Å². The fourth-order valence-electron chi connectivity index (χ4n) is 3.13. The monoisotopic (exact) mass is 518 g/mol. The van der Waals surface area contributed by atoms with E-state index in [1.165, 1.54) is 36.4 Å². The molecule has 0 saturated heterocycles. The third kappa shape index (κ3) is 6.55. The molecule has 3 rings (SSSR count). The Morgan fingerprint density at radius 2 is 1.57 bits per heavy atom. The predicted molar refractivity (Wildman–Crippen MR) is 132 cm³/mol. The van der Waals surface area contributed by atoms with Crippen LogP contribution in [0.5, 0.6) is 0 Å². The standard InChI is InChI=1S/C22H22N4O7S2/c1-16-8-11-19(26(28)29)14-21(16)25(34(2,30)31)15-22(27)23-17-9-12-20(13-10-17)35(32,33)24-18-6-4-3-5-7-18/h3-14,24H,15H2,1-2H3,(H,23,27). The molecule has 13 heteroatoms. The Hall–Kier alpha value is -3.97. The number of carbonyl (C=O) groups excluding carboxylic acids is 1. The van der Waals surface area contributed by atoms with Crippen molar-refractivity contribution in [3.8, 4) is 0 Å². The minimum Gasteiger partial charge on any atom is -0.325 e. The van der Waals surface area contributed by atoms with Gasteiger partial charge in [-0.15, -0.1) is 0 Å². The number of anilines is 3. The summed E-state index contributed by atoms with van der Waals surface area (Å²) in [5, 5.41) is 13.6. The molecule has 0 bridgehead atoms. The maximum atomic E-state index is 12.6. The van der Waals surface area contributed by atoms with E-state index in [1.54, 1.807) is 37.3 Å². The summed E-state index contributed by atoms with van der Waals surface area (Å²) in [6.07, 6.45) is 0.887. The van der Waals surface area contributed by atoms with Crippen LogP contribution in [0, 0.1) is 17.0 Å². The molecular weight excluding hydrogens is 496 g/mol. The molecule has 3 aromatic carbocycles. The summed E-state index contributed by atoms with van der Waals surface area (Å²) in [6.45, 7) is 0.925. The third-order valence-corrected chi connectivity index (χ3v) is 7.36. The Balaban J connectivity index is 1.76. The summed E-state index contributed by atoms with van der Waals surface area (Å²) in [5.74, 6) is -0.723. The first-order valence-electron chi connectivity index (χ1n) is 10.1. The molecule has 0 spiro atoms. The highest BCUT2D eigenvalue weighted by Crippen LogP contribution is 2.27. The van der Waals surface area contributed by atoms with Gasteiger partial charge in [-0.05, 0) is 48.9 Å². The second-order valence-electron chi connectivity index (χ2n) is 7.54. The number of amides is 1. The molecule has 0 radical (unpaired) electrons. The molecule has 1 amide bonds. The van der Waals surface area contributed by atoms with Gasteiger partial charge in [0.25, 0.3) is 15.7 Å². The Labute approximate surface area is 202 Å². The lowest BCUT2D eigenvalue weighted by Crippen LogP contribution is -2.37. The molecule has 0 aliphatic rings. The van der Waals surface area contributed by atoms with Crippen LogP contribution in [0.2, 0.25) is 0 Å². The van der Waals surface area contributed by atoms with Crippen molar-refractivity contribution in [3.63, 3.8) is 0 Å². The van der Waals surface area contributed by atoms with Crippen LogP contribution in [-0.2, 0) is 24.8 Å². The van der Waals surface area contributed by atoms with E-state index >= 15 is 0 Å². The van der Waals surface area contributed by atoms with Gasteiger partial charge in [0, 0.05) is 23.5 Å². The molecule has 0 saturated carbocycles. The Morgan fingerprint density at radius 1 is 0.943 bits per heavy atom. The number of rotatable bonds is 9. The number of sulfonamides is 2. The molecule has 0 unspecified atom stereocenters. The first kappa shape index (κ1) is 25.6. The van der Waals surface area contributed by atoms with Crippen molar-refractivity contribution >= 4 is 48.7 Å². The van der Waals surface area contributed by atoms with Gasteiger partial charge < -0.3 is 5.32 Å². The zero-order valence-electron chi connectivity index (χ0n) is 18.7. The summed E-state index contributed by atoms with van der Waals surface area (Å²) in [5.41, 5.74) is 0.736. The summed E-state index contributed by atoms with van der Waals surface area (Å²) in [7, 11) is -7.82. The number of carbonyl (C=O) groups is 1. The van der Waals surface area contributed by atoms with Gasteiger partial charge in [-0.2, -0.15) is 0 Å². The number of hydrogen-bond acceptors (Lipinski definition) is 7. The van der Waals surface area contributed by atoms with Crippen molar-refractivity contribution in [2.75, 3.05) is 27.1 Å². The molecular formula is C22H22N4O7S2. The van der Waals surface area contributed by atoms with Crippen LogP contribution in [0.3, 0.4) is 0 Å². The number of benzene rings is 3. The number of nitro benzene ring substituents is 1. The van der Waals surface area contributed by atoms with Gasteiger partial charge in [0.15, 0.2) is 0 Å². The fourth-order valence-corrected chi connectivity index (χ4v) is 5.09. The number of para-hydroxylation sites is 1. The molecule has 0 aliphatic heterocycles. The number of non-ortho nitro benzene ring substituents is 1. The smallest absolute Gasteiger partial charge is 0.271 e. The average Bonchev–Trinajstić information content (AvgIpc) is 2.78. The van der Waals surface area contributed by atoms with Crippen LogP contribution >= 0.6 is 0 Å². The quantitative estimate of drug-likeness (QED) is 0.326. The van der Waals surface area contributed by atoms with Gasteiger partial charge in [-0.3, -0.25) is 23.9 Å². The number of nitrogens with one attached hydrogen (secondary N) is 2. The van der Waals surface area contributed by atoms with Crippen molar-refractivity contribution in [2.45, 2.75) is 11.8 Å². The average molecular weight is 519 g/mol. The molecule has 184 valence electrons. The van der Waals surface area contributed by atoms with Crippen LogP contribution in [0.15, 0.2) is 77.7 Å². The summed E-state index contributed by atoms with van der Waals surface area (Å²) < 4.78 is 53.0. The van der Waals surface area contributed by atoms with Crippen LogP contribution in [0.25, 0.3) is 0 Å². The molecule has 35 heavy (non-hydrogen) atoms. The van der Waals surface area contributed by atoms with Gasteiger partial charge in [0.05, 0.1) is 21.8 Å². The second kappa shape index (κ2) is 10.1. The molecule has 0 aliphatic carbocycles. The lowest BCUT2D eigenvalue weighted by atomic mass is 10.2. The highest BCUT2D eigenvalue weighted by molar-refractivity contribution is 7.92. The third-order valence-electron chi connectivity index (χ3n) is 4.83. The summed E-state index contributed by atoms with van der Waals surface area (Å²) in [6, 6.07) is 17.3. The van der Waals surface area contributed by atoms with Crippen LogP contribution in [0.1, 0.15) is 5.56 Å². The lowest BCUT2D eigenvalue weighted by Gasteiger charge is -2.23. The zero-order chi connectivity index (χ0) is 25.8. The van der Waals surface area contributed by atoms with Gasteiger partial charge >= 0.3 is 0 Å². The number of aryl methyl sites for hydroxylation is 1. The fraction of sp³-hybridized carbons (Fsp3) is 0.136. The van der Waals surface area contributed by atoms with E-state index in [-0.39, 0.29) is 22.0 Å². The minimum absolute atomic E-state index is 0.00489. The van der Waals surface area contributed by atoms with Crippen molar-refractivity contribution in [1.29, 1.82) is 0 Å². The Bertz CT molecular complexity index is 1460. The maximum absolute atomic E-state index is 12.6. The molecule has 3 aromatic rings. The van der Waals surface area contributed by atoms with Crippen molar-refractivity contribution in [2.24, 2.45) is 0 Å². The number of nitrogens with zero attached hydrogens (tertiary/aromatic N) is 2. The number of nitro groups is 1. The van der Waals surface area contributed by atoms with Crippen molar-refractivity contribution < 1.29 is 26.6 Å². The summed E-state index contributed by atoms with van der Waals surface area (Å²) >= 11 is 0. The molecule has 0 atom stereocenters. The SMILES string of the molecule is Cc1ccc([N+](=O)[O-])cc1N(CC(=O)Nc1ccc(S(=O)(=O)Nc2ccccc2)cc1)S(C)(=O)=O. The molecule has 11 nitrogen and oxygen atoms in total. The summed E-state index contributed by atoms with van der Waals surface area (Å²) in [4.78, 5) is 23.0. The maximum Gasteiger partial charge on any atom is 0.271 e. The minimum atomic E-state index is -3.96. The van der Waals surface area contributed by atoms with E-state index in [0.29, 0.717) is 11.3 Å². The second-order valence-corrected chi connectivity index (χ2v) is 11.1. The largest absolute Gasteiger partial charge is 0.325 e. The molecule has 2 N–H and O–H groups in total. The molecule has 0 fully saturated rings. The first-order chi connectivity index (χ1) is 16.4. The van der Waals surface area contributed by atoms with Gasteiger partial charge in [0.2, 0.25) is 15.9 Å². The Morgan fingerprint density at radius 3 is 2.14 bits per heavy atom. The Kier molecular flexibility index (Phi) is 7.41. The van der Waals surface area contributed by atoms with Crippen molar-refractivity contribution in [1.82, 2.24) is 0 Å². The predicted octanol–water partition coefficient (Wildman–Crippen LogP) is 3.11. The van der Waals surface area contributed by atoms with Gasteiger partial charge in [-0.1, -0.05) is 24.3 Å². The van der Waals surface area contributed by atoms with E-state index in [9.17, 15) is 31.7 Å². The van der Waals surface area contributed by atoms with E-state index in [0.717, 1.165) is 16.6 Å². The van der Waals surface area contributed by atoms with E-state index in [4.69, 9.17) is 0 Å². The molecule has 0 heterocycles. The molecule has 0 aromatic heterocycles. The van der Waals surface area contributed by atoms with Gasteiger partial charge in [-0.25, -0.2) is 16.8 Å². The van der Waals surface area contributed by atoms with Crippen LogP contribution < -0.4 is 14.3 Å². The van der Waals surface area contributed by atoms with E-state index in [2.05, 4.69) is 10.0 Å².